The molecular formula is C22H21N5O2S. The maximum atomic E-state index is 11.7. The number of nitrogens with zero attached hydrogens (tertiary/aromatic N) is 4. The molecule has 0 atom stereocenters. The van der Waals surface area contributed by atoms with Crippen LogP contribution in [0.15, 0.2) is 70.2 Å². The first-order valence-corrected chi connectivity index (χ1v) is 10.3. The summed E-state index contributed by atoms with van der Waals surface area (Å²) in [4.78, 5) is 21.5. The molecule has 3 aromatic rings. The molecule has 2 aromatic heterocycles. The van der Waals surface area contributed by atoms with Gasteiger partial charge in [0.1, 0.15) is 5.75 Å². The monoisotopic (exact) mass is 419 g/mol. The van der Waals surface area contributed by atoms with Gasteiger partial charge in [0.2, 0.25) is 4.80 Å². The molecule has 7 nitrogen and oxygen atoms in total. The highest BCUT2D eigenvalue weighted by atomic mass is 32.1. The molecule has 8 heteroatoms. The van der Waals surface area contributed by atoms with E-state index in [2.05, 4.69) is 21.9 Å². The molecule has 1 aliphatic rings. The quantitative estimate of drug-likeness (QED) is 0.506. The number of aromatic nitrogens is 2. The number of hydrogen-bond donors (Lipinski definition) is 1. The standard InChI is InChI=1S/C22H21N5O2S/c1-14(2)11-24-22-27(26-15(3)17-6-4-5-9-23-17)19(13-30-22)16-7-8-20-18(10-16)25-21(28)12-29-20/h4-10,13H,1,11-12H2,2-3H3,(H,25,28). The third kappa shape index (κ3) is 4.23. The van der Waals surface area contributed by atoms with Gasteiger partial charge < -0.3 is 10.1 Å². The SMILES string of the molecule is C=C(C)CN=c1scc(-c2ccc3c(c2)NC(=O)CO3)n1N=C(C)c1ccccn1. The number of benzene rings is 1. The van der Waals surface area contributed by atoms with Gasteiger partial charge in [0.15, 0.2) is 6.61 Å². The molecular weight excluding hydrogens is 398 g/mol. The Labute approximate surface area is 178 Å². The smallest absolute Gasteiger partial charge is 0.262 e. The number of anilines is 1. The third-order valence-electron chi connectivity index (χ3n) is 4.36. The molecule has 30 heavy (non-hydrogen) atoms. The van der Waals surface area contributed by atoms with E-state index in [1.54, 1.807) is 6.20 Å². The first kappa shape index (κ1) is 19.8. The summed E-state index contributed by atoms with van der Waals surface area (Å²) in [6.07, 6.45) is 1.74. The summed E-state index contributed by atoms with van der Waals surface area (Å²) in [6, 6.07) is 11.4. The molecule has 1 N–H and O–H groups in total. The average molecular weight is 420 g/mol. The van der Waals surface area contributed by atoms with E-state index >= 15 is 0 Å². The summed E-state index contributed by atoms with van der Waals surface area (Å²) in [5.74, 6) is 0.486. The van der Waals surface area contributed by atoms with Crippen LogP contribution in [0.3, 0.4) is 0 Å². The van der Waals surface area contributed by atoms with Gasteiger partial charge in [-0.2, -0.15) is 5.10 Å². The number of rotatable bonds is 5. The second-order valence-corrected chi connectivity index (χ2v) is 7.77. The van der Waals surface area contributed by atoms with Crippen LogP contribution in [0.4, 0.5) is 5.69 Å². The Bertz CT molecular complexity index is 1210. The summed E-state index contributed by atoms with van der Waals surface area (Å²) in [7, 11) is 0. The molecule has 0 saturated heterocycles. The molecule has 1 aliphatic heterocycles. The van der Waals surface area contributed by atoms with Crippen LogP contribution in [-0.4, -0.2) is 34.4 Å². The Kier molecular flexibility index (Phi) is 5.58. The summed E-state index contributed by atoms with van der Waals surface area (Å²) >= 11 is 1.50. The predicted molar refractivity (Wildman–Crippen MR) is 119 cm³/mol. The molecule has 152 valence electrons. The van der Waals surface area contributed by atoms with Crippen LogP contribution in [0, 0.1) is 0 Å². The van der Waals surface area contributed by atoms with Crippen LogP contribution in [0.2, 0.25) is 0 Å². The van der Waals surface area contributed by atoms with Gasteiger partial charge in [0.05, 0.1) is 29.3 Å². The molecule has 0 bridgehead atoms. The zero-order valence-electron chi connectivity index (χ0n) is 16.8. The van der Waals surface area contributed by atoms with Crippen molar-refractivity contribution in [2.75, 3.05) is 18.5 Å². The van der Waals surface area contributed by atoms with Crippen molar-refractivity contribution in [3.8, 4) is 17.0 Å². The first-order valence-electron chi connectivity index (χ1n) is 9.41. The number of nitrogens with one attached hydrogen (secondary N) is 1. The van der Waals surface area contributed by atoms with Crippen molar-refractivity contribution >= 4 is 28.6 Å². The zero-order chi connectivity index (χ0) is 21.1. The van der Waals surface area contributed by atoms with E-state index in [0.29, 0.717) is 18.0 Å². The maximum Gasteiger partial charge on any atom is 0.262 e. The average Bonchev–Trinajstić information content (AvgIpc) is 3.14. The summed E-state index contributed by atoms with van der Waals surface area (Å²) in [6.45, 7) is 8.34. The topological polar surface area (TPSA) is 80.9 Å². The normalized spacial score (nSPS) is 14.1. The van der Waals surface area contributed by atoms with Crippen LogP contribution in [0.1, 0.15) is 19.5 Å². The summed E-state index contributed by atoms with van der Waals surface area (Å²) < 4.78 is 7.28. The van der Waals surface area contributed by atoms with Gasteiger partial charge >= 0.3 is 0 Å². The molecule has 0 spiro atoms. The van der Waals surface area contributed by atoms with E-state index in [1.807, 2.05) is 60.3 Å². The Morgan fingerprint density at radius 2 is 2.20 bits per heavy atom. The predicted octanol–water partition coefficient (Wildman–Crippen LogP) is 3.69. The van der Waals surface area contributed by atoms with E-state index in [1.165, 1.54) is 11.3 Å². The molecule has 0 saturated carbocycles. The largest absolute Gasteiger partial charge is 0.482 e. The van der Waals surface area contributed by atoms with E-state index in [-0.39, 0.29) is 12.5 Å². The van der Waals surface area contributed by atoms with Gasteiger partial charge in [-0.25, -0.2) is 4.68 Å². The second-order valence-electron chi connectivity index (χ2n) is 6.94. The van der Waals surface area contributed by atoms with Gasteiger partial charge in [0, 0.05) is 17.1 Å². The van der Waals surface area contributed by atoms with Crippen molar-refractivity contribution in [2.45, 2.75) is 13.8 Å². The fourth-order valence-electron chi connectivity index (χ4n) is 2.93. The highest BCUT2D eigenvalue weighted by molar-refractivity contribution is 7.07. The van der Waals surface area contributed by atoms with Crippen molar-refractivity contribution in [3.05, 3.63) is 70.6 Å². The van der Waals surface area contributed by atoms with Gasteiger partial charge in [-0.15, -0.1) is 11.3 Å². The number of fused-ring (bicyclic) bond motifs is 1. The first-order chi connectivity index (χ1) is 14.5. The minimum absolute atomic E-state index is 0.0301. The Morgan fingerprint density at radius 1 is 1.33 bits per heavy atom. The number of carbonyl (C=O) groups excluding carboxylic acids is 1. The number of ether oxygens (including phenoxy) is 1. The van der Waals surface area contributed by atoms with Crippen molar-refractivity contribution in [1.29, 1.82) is 0 Å². The maximum absolute atomic E-state index is 11.7. The van der Waals surface area contributed by atoms with Crippen LogP contribution in [0.5, 0.6) is 5.75 Å². The number of hydrogen-bond acceptors (Lipinski definition) is 6. The minimum Gasteiger partial charge on any atom is -0.482 e. The van der Waals surface area contributed by atoms with E-state index < -0.39 is 0 Å². The minimum atomic E-state index is -0.168. The van der Waals surface area contributed by atoms with Crippen LogP contribution in [0.25, 0.3) is 11.3 Å². The van der Waals surface area contributed by atoms with Crippen molar-refractivity contribution < 1.29 is 9.53 Å². The van der Waals surface area contributed by atoms with Gasteiger partial charge in [0.25, 0.3) is 5.91 Å². The molecule has 0 aliphatic carbocycles. The van der Waals surface area contributed by atoms with Crippen molar-refractivity contribution in [2.24, 2.45) is 10.1 Å². The molecule has 1 amide bonds. The second kappa shape index (κ2) is 8.46. The van der Waals surface area contributed by atoms with Gasteiger partial charge in [-0.3, -0.25) is 14.8 Å². The summed E-state index contributed by atoms with van der Waals surface area (Å²) in [5, 5.41) is 9.66. The van der Waals surface area contributed by atoms with Crippen LogP contribution < -0.4 is 14.9 Å². The lowest BCUT2D eigenvalue weighted by Gasteiger charge is -2.18. The van der Waals surface area contributed by atoms with Crippen LogP contribution >= 0.6 is 11.3 Å². The molecule has 0 unspecified atom stereocenters. The lowest BCUT2D eigenvalue weighted by Crippen LogP contribution is -2.25. The van der Waals surface area contributed by atoms with Gasteiger partial charge in [-0.05, 0) is 44.2 Å². The van der Waals surface area contributed by atoms with Crippen LogP contribution in [-0.2, 0) is 4.79 Å². The van der Waals surface area contributed by atoms with E-state index in [0.717, 1.165) is 33.0 Å². The fraction of sp³-hybridized carbons (Fsp3) is 0.182. The number of amides is 1. The highest BCUT2D eigenvalue weighted by Crippen LogP contribution is 2.32. The molecule has 0 radical (unpaired) electrons. The van der Waals surface area contributed by atoms with Gasteiger partial charge in [-0.1, -0.05) is 18.2 Å². The van der Waals surface area contributed by atoms with E-state index in [9.17, 15) is 4.79 Å². The third-order valence-corrected chi connectivity index (χ3v) is 5.22. The Hall–Kier alpha value is -3.52. The van der Waals surface area contributed by atoms with Crippen molar-refractivity contribution in [1.82, 2.24) is 9.66 Å². The molecule has 1 aromatic carbocycles. The summed E-state index contributed by atoms with van der Waals surface area (Å²) in [5.41, 5.74) is 4.92. The van der Waals surface area contributed by atoms with Crippen molar-refractivity contribution in [3.63, 3.8) is 0 Å². The molecule has 0 fully saturated rings. The lowest BCUT2D eigenvalue weighted by atomic mass is 10.1. The number of carbonyl (C=O) groups is 1. The molecule has 4 rings (SSSR count). The van der Waals surface area contributed by atoms with E-state index in [4.69, 9.17) is 9.84 Å². The number of pyridine rings is 1. The Morgan fingerprint density at radius 3 is 2.97 bits per heavy atom. The Balaban J connectivity index is 1.83. The fourth-order valence-corrected chi connectivity index (χ4v) is 3.76. The zero-order valence-corrected chi connectivity index (χ0v) is 17.6. The highest BCUT2D eigenvalue weighted by Gasteiger charge is 2.18. The lowest BCUT2D eigenvalue weighted by molar-refractivity contribution is -0.118. The molecule has 3 heterocycles. The number of thiazole rings is 1.